The minimum atomic E-state index is -0.672. The van der Waals surface area contributed by atoms with E-state index in [0.717, 1.165) is 22.7 Å². The van der Waals surface area contributed by atoms with E-state index in [-0.39, 0.29) is 0 Å². The molecule has 0 bridgehead atoms. The fourth-order valence-electron chi connectivity index (χ4n) is 1.21. The smallest absolute Gasteiger partial charge is 0.0788 e. The SMILES string of the molecule is CCC(C)(O)CNc1cccc(Cl)c1C. The van der Waals surface area contributed by atoms with Gasteiger partial charge in [-0.2, -0.15) is 0 Å². The summed E-state index contributed by atoms with van der Waals surface area (Å²) in [5.74, 6) is 0. The van der Waals surface area contributed by atoms with Gasteiger partial charge < -0.3 is 10.4 Å². The van der Waals surface area contributed by atoms with Crippen molar-refractivity contribution in [3.63, 3.8) is 0 Å². The number of rotatable bonds is 4. The molecule has 0 heterocycles. The van der Waals surface area contributed by atoms with E-state index in [4.69, 9.17) is 11.6 Å². The van der Waals surface area contributed by atoms with Crippen molar-refractivity contribution in [1.82, 2.24) is 0 Å². The lowest BCUT2D eigenvalue weighted by Crippen LogP contribution is -2.32. The maximum Gasteiger partial charge on any atom is 0.0788 e. The number of benzene rings is 1. The molecule has 2 N–H and O–H groups in total. The molecule has 1 aromatic carbocycles. The van der Waals surface area contributed by atoms with Crippen LogP contribution >= 0.6 is 11.6 Å². The molecule has 0 radical (unpaired) electrons. The van der Waals surface area contributed by atoms with E-state index in [2.05, 4.69) is 5.32 Å². The van der Waals surface area contributed by atoms with Gasteiger partial charge in [-0.25, -0.2) is 0 Å². The highest BCUT2D eigenvalue weighted by atomic mass is 35.5. The van der Waals surface area contributed by atoms with Crippen molar-refractivity contribution in [3.05, 3.63) is 28.8 Å². The van der Waals surface area contributed by atoms with E-state index in [1.165, 1.54) is 0 Å². The van der Waals surface area contributed by atoms with Gasteiger partial charge in [0.2, 0.25) is 0 Å². The molecule has 1 aromatic rings. The molecule has 1 unspecified atom stereocenters. The number of anilines is 1. The summed E-state index contributed by atoms with van der Waals surface area (Å²) in [7, 11) is 0. The van der Waals surface area contributed by atoms with Crippen molar-refractivity contribution < 1.29 is 5.11 Å². The molecule has 84 valence electrons. The first-order valence-corrected chi connectivity index (χ1v) is 5.55. The molecule has 0 amide bonds. The lowest BCUT2D eigenvalue weighted by molar-refractivity contribution is 0.0697. The Kier molecular flexibility index (Phi) is 4.00. The van der Waals surface area contributed by atoms with Gasteiger partial charge in [0, 0.05) is 17.3 Å². The molecule has 0 saturated carbocycles. The van der Waals surface area contributed by atoms with Crippen LogP contribution in [0.3, 0.4) is 0 Å². The van der Waals surface area contributed by atoms with Crippen LogP contribution in [0.25, 0.3) is 0 Å². The monoisotopic (exact) mass is 227 g/mol. The second-order valence-electron chi connectivity index (χ2n) is 4.12. The molecule has 0 aromatic heterocycles. The van der Waals surface area contributed by atoms with Gasteiger partial charge >= 0.3 is 0 Å². The topological polar surface area (TPSA) is 32.3 Å². The number of aliphatic hydroxyl groups is 1. The standard InChI is InChI=1S/C12H18ClNO/c1-4-12(3,15)8-14-11-7-5-6-10(13)9(11)2/h5-7,14-15H,4,8H2,1-3H3. The third kappa shape index (κ3) is 3.40. The van der Waals surface area contributed by atoms with Crippen LogP contribution in [-0.4, -0.2) is 17.3 Å². The first-order valence-electron chi connectivity index (χ1n) is 5.17. The van der Waals surface area contributed by atoms with Gasteiger partial charge in [0.05, 0.1) is 5.60 Å². The first kappa shape index (κ1) is 12.3. The lowest BCUT2D eigenvalue weighted by Gasteiger charge is -2.23. The molecule has 0 spiro atoms. The number of halogens is 1. The fourth-order valence-corrected chi connectivity index (χ4v) is 1.38. The molecule has 0 aliphatic heterocycles. The van der Waals surface area contributed by atoms with Crippen LogP contribution < -0.4 is 5.32 Å². The van der Waals surface area contributed by atoms with Crippen molar-refractivity contribution in [1.29, 1.82) is 0 Å². The Bertz CT molecular complexity index is 336. The van der Waals surface area contributed by atoms with Gasteiger partial charge in [-0.3, -0.25) is 0 Å². The molecular weight excluding hydrogens is 210 g/mol. The highest BCUT2D eigenvalue weighted by Crippen LogP contribution is 2.23. The van der Waals surface area contributed by atoms with E-state index in [1.807, 2.05) is 39.0 Å². The normalized spacial score (nSPS) is 14.7. The molecule has 0 aliphatic rings. The zero-order valence-electron chi connectivity index (χ0n) is 9.47. The van der Waals surface area contributed by atoms with Crippen molar-refractivity contribution in [2.24, 2.45) is 0 Å². The van der Waals surface area contributed by atoms with Gasteiger partial charge in [-0.15, -0.1) is 0 Å². The quantitative estimate of drug-likeness (QED) is 0.828. The van der Waals surface area contributed by atoms with E-state index in [9.17, 15) is 5.11 Å². The minimum Gasteiger partial charge on any atom is -0.388 e. The zero-order valence-corrected chi connectivity index (χ0v) is 10.2. The second-order valence-corrected chi connectivity index (χ2v) is 4.52. The Morgan fingerprint density at radius 3 is 2.73 bits per heavy atom. The van der Waals surface area contributed by atoms with Gasteiger partial charge in [0.1, 0.15) is 0 Å². The summed E-state index contributed by atoms with van der Waals surface area (Å²) in [6.07, 6.45) is 0.722. The van der Waals surface area contributed by atoms with E-state index in [0.29, 0.717) is 6.54 Å². The predicted octanol–water partition coefficient (Wildman–Crippen LogP) is 3.22. The third-order valence-corrected chi connectivity index (χ3v) is 3.10. The molecule has 15 heavy (non-hydrogen) atoms. The second kappa shape index (κ2) is 4.86. The molecule has 2 nitrogen and oxygen atoms in total. The van der Waals surface area contributed by atoms with E-state index >= 15 is 0 Å². The number of nitrogens with one attached hydrogen (secondary N) is 1. The zero-order chi connectivity index (χ0) is 11.5. The molecule has 3 heteroatoms. The van der Waals surface area contributed by atoms with E-state index in [1.54, 1.807) is 0 Å². The molecule has 0 aliphatic carbocycles. The maximum atomic E-state index is 9.85. The van der Waals surface area contributed by atoms with Crippen LogP contribution in [0.2, 0.25) is 5.02 Å². The third-order valence-electron chi connectivity index (χ3n) is 2.69. The van der Waals surface area contributed by atoms with Gasteiger partial charge in [0.15, 0.2) is 0 Å². The number of hydrogen-bond acceptors (Lipinski definition) is 2. The van der Waals surface area contributed by atoms with Gasteiger partial charge in [-0.1, -0.05) is 24.6 Å². The predicted molar refractivity (Wildman–Crippen MR) is 65.6 cm³/mol. The van der Waals surface area contributed by atoms with Gasteiger partial charge in [0.25, 0.3) is 0 Å². The Morgan fingerprint density at radius 2 is 2.13 bits per heavy atom. The van der Waals surface area contributed by atoms with Crippen LogP contribution in [-0.2, 0) is 0 Å². The van der Waals surface area contributed by atoms with Crippen molar-refractivity contribution in [3.8, 4) is 0 Å². The van der Waals surface area contributed by atoms with E-state index < -0.39 is 5.60 Å². The summed E-state index contributed by atoms with van der Waals surface area (Å²) in [6, 6.07) is 5.73. The highest BCUT2D eigenvalue weighted by Gasteiger charge is 2.17. The minimum absolute atomic E-state index is 0.532. The first-order chi connectivity index (χ1) is 6.96. The summed E-state index contributed by atoms with van der Waals surface area (Å²) in [5.41, 5.74) is 1.33. The Balaban J connectivity index is 2.70. The van der Waals surface area contributed by atoms with Crippen LogP contribution in [0.4, 0.5) is 5.69 Å². The Morgan fingerprint density at radius 1 is 1.47 bits per heavy atom. The Labute approximate surface area is 96.3 Å². The van der Waals surface area contributed by atoms with Gasteiger partial charge in [-0.05, 0) is 38.0 Å². The summed E-state index contributed by atoms with van der Waals surface area (Å²) in [6.45, 7) is 6.28. The highest BCUT2D eigenvalue weighted by molar-refractivity contribution is 6.31. The molecular formula is C12H18ClNO. The van der Waals surface area contributed by atoms with Crippen molar-refractivity contribution >= 4 is 17.3 Å². The van der Waals surface area contributed by atoms with Crippen molar-refractivity contribution in [2.75, 3.05) is 11.9 Å². The summed E-state index contributed by atoms with van der Waals surface area (Å²) in [5, 5.41) is 13.8. The lowest BCUT2D eigenvalue weighted by atomic mass is 10.0. The van der Waals surface area contributed by atoms with Crippen LogP contribution in [0.5, 0.6) is 0 Å². The molecule has 1 atom stereocenters. The maximum absolute atomic E-state index is 9.85. The largest absolute Gasteiger partial charge is 0.388 e. The molecule has 0 fully saturated rings. The van der Waals surface area contributed by atoms with Crippen LogP contribution in [0.1, 0.15) is 25.8 Å². The van der Waals surface area contributed by atoms with Crippen LogP contribution in [0.15, 0.2) is 18.2 Å². The van der Waals surface area contributed by atoms with Crippen molar-refractivity contribution in [2.45, 2.75) is 32.8 Å². The molecule has 0 saturated heterocycles. The molecule has 1 rings (SSSR count). The average molecular weight is 228 g/mol. The Hall–Kier alpha value is -0.730. The van der Waals surface area contributed by atoms with Crippen LogP contribution in [0, 0.1) is 6.92 Å². The number of hydrogen-bond donors (Lipinski definition) is 2. The summed E-state index contributed by atoms with van der Waals surface area (Å²) < 4.78 is 0. The average Bonchev–Trinajstić information content (AvgIpc) is 2.20. The summed E-state index contributed by atoms with van der Waals surface area (Å²) in [4.78, 5) is 0. The summed E-state index contributed by atoms with van der Waals surface area (Å²) >= 11 is 6.00. The fraction of sp³-hybridized carbons (Fsp3) is 0.500.